The summed E-state index contributed by atoms with van der Waals surface area (Å²) in [6, 6.07) is 0. The summed E-state index contributed by atoms with van der Waals surface area (Å²) in [7, 11) is 1.49. The van der Waals surface area contributed by atoms with Crippen LogP contribution in [0.4, 0.5) is 0 Å². The minimum absolute atomic E-state index is 0.00694. The van der Waals surface area contributed by atoms with Crippen LogP contribution in [-0.4, -0.2) is 24.3 Å². The quantitative estimate of drug-likeness (QED) is 0.414. The first-order valence-electron chi connectivity index (χ1n) is 2.03. The summed E-state index contributed by atoms with van der Waals surface area (Å²) in [6.45, 7) is 3.20. The molecular formula is C5H7NO2. The van der Waals surface area contributed by atoms with E-state index >= 15 is 0 Å². The summed E-state index contributed by atoms with van der Waals surface area (Å²) in [6.07, 6.45) is 1.20. The Balaban J connectivity index is 3.85. The molecule has 0 aliphatic heterocycles. The van der Waals surface area contributed by atoms with Gasteiger partial charge in [0.05, 0.1) is 5.57 Å². The Morgan fingerprint density at radius 1 is 1.88 bits per heavy atom. The van der Waals surface area contributed by atoms with Crippen LogP contribution in [0.2, 0.25) is 0 Å². The van der Waals surface area contributed by atoms with E-state index in [9.17, 15) is 4.79 Å². The highest BCUT2D eigenvalue weighted by Gasteiger charge is 1.96. The van der Waals surface area contributed by atoms with Crippen molar-refractivity contribution in [1.82, 2.24) is 0 Å². The second-order valence-electron chi connectivity index (χ2n) is 1.22. The van der Waals surface area contributed by atoms with Crippen LogP contribution >= 0.6 is 0 Å². The maximum atomic E-state index is 9.90. The standard InChI is InChI=1S/C5H7NO2/c1-4(3-6-2)5(7)8/h3H,1H2,2H3,(H,7,8)/b6-3-. The van der Waals surface area contributed by atoms with Gasteiger partial charge in [-0.05, 0) is 0 Å². The van der Waals surface area contributed by atoms with Gasteiger partial charge in [0.1, 0.15) is 0 Å². The average molecular weight is 113 g/mol. The lowest BCUT2D eigenvalue weighted by Crippen LogP contribution is -1.98. The van der Waals surface area contributed by atoms with Crippen LogP contribution in [0, 0.1) is 0 Å². The van der Waals surface area contributed by atoms with Gasteiger partial charge in [0.2, 0.25) is 0 Å². The molecule has 3 nitrogen and oxygen atoms in total. The average Bonchev–Trinajstić information content (AvgIpc) is 1.67. The third-order valence-electron chi connectivity index (χ3n) is 0.560. The van der Waals surface area contributed by atoms with Gasteiger partial charge in [-0.2, -0.15) is 0 Å². The van der Waals surface area contributed by atoms with E-state index in [0.29, 0.717) is 0 Å². The molecule has 0 aromatic rings. The molecule has 0 aromatic carbocycles. The minimum atomic E-state index is -1.03. The van der Waals surface area contributed by atoms with Gasteiger partial charge in [-0.3, -0.25) is 4.99 Å². The van der Waals surface area contributed by atoms with Crippen molar-refractivity contribution in [3.8, 4) is 0 Å². The van der Waals surface area contributed by atoms with E-state index in [2.05, 4.69) is 11.6 Å². The molecule has 0 saturated heterocycles. The van der Waals surface area contributed by atoms with Gasteiger partial charge in [0.15, 0.2) is 0 Å². The lowest BCUT2D eigenvalue weighted by molar-refractivity contribution is -0.131. The third-order valence-corrected chi connectivity index (χ3v) is 0.560. The zero-order chi connectivity index (χ0) is 6.57. The van der Waals surface area contributed by atoms with Crippen LogP contribution in [0.1, 0.15) is 0 Å². The maximum absolute atomic E-state index is 9.90. The zero-order valence-corrected chi connectivity index (χ0v) is 4.59. The van der Waals surface area contributed by atoms with E-state index in [-0.39, 0.29) is 5.57 Å². The van der Waals surface area contributed by atoms with Crippen molar-refractivity contribution in [3.63, 3.8) is 0 Å². The second-order valence-corrected chi connectivity index (χ2v) is 1.22. The van der Waals surface area contributed by atoms with Crippen LogP contribution < -0.4 is 0 Å². The van der Waals surface area contributed by atoms with E-state index in [1.54, 1.807) is 0 Å². The Morgan fingerprint density at radius 2 is 2.38 bits per heavy atom. The molecule has 0 aromatic heterocycles. The topological polar surface area (TPSA) is 49.7 Å². The first kappa shape index (κ1) is 6.88. The summed E-state index contributed by atoms with van der Waals surface area (Å²) >= 11 is 0. The van der Waals surface area contributed by atoms with E-state index in [1.165, 1.54) is 13.3 Å². The van der Waals surface area contributed by atoms with Crippen LogP contribution in [0.3, 0.4) is 0 Å². The zero-order valence-electron chi connectivity index (χ0n) is 4.59. The molecule has 0 radical (unpaired) electrons. The van der Waals surface area contributed by atoms with Gasteiger partial charge >= 0.3 is 5.97 Å². The smallest absolute Gasteiger partial charge is 0.336 e. The van der Waals surface area contributed by atoms with Gasteiger partial charge in [-0.1, -0.05) is 6.58 Å². The lowest BCUT2D eigenvalue weighted by Gasteiger charge is -1.83. The molecule has 8 heavy (non-hydrogen) atoms. The van der Waals surface area contributed by atoms with Crippen LogP contribution in [0.25, 0.3) is 0 Å². The molecule has 0 atom stereocenters. The van der Waals surface area contributed by atoms with E-state index in [4.69, 9.17) is 5.11 Å². The molecule has 0 amide bonds. The van der Waals surface area contributed by atoms with Crippen molar-refractivity contribution >= 4 is 12.2 Å². The van der Waals surface area contributed by atoms with Gasteiger partial charge in [0, 0.05) is 13.3 Å². The molecule has 0 unspecified atom stereocenters. The fourth-order valence-corrected chi connectivity index (χ4v) is 0.211. The van der Waals surface area contributed by atoms with E-state index in [0.717, 1.165) is 0 Å². The molecule has 0 rings (SSSR count). The number of hydrogen-bond acceptors (Lipinski definition) is 2. The monoisotopic (exact) mass is 113 g/mol. The molecule has 0 heterocycles. The number of nitrogens with zero attached hydrogens (tertiary/aromatic N) is 1. The van der Waals surface area contributed by atoms with Crippen LogP contribution in [-0.2, 0) is 4.79 Å². The molecular weight excluding hydrogens is 106 g/mol. The first-order chi connectivity index (χ1) is 3.68. The number of aliphatic carboxylic acids is 1. The normalized spacial score (nSPS) is 9.62. The Bertz CT molecular complexity index is 137. The summed E-state index contributed by atoms with van der Waals surface area (Å²) in [4.78, 5) is 13.3. The third kappa shape index (κ3) is 2.12. The fraction of sp³-hybridized carbons (Fsp3) is 0.200. The van der Waals surface area contributed by atoms with Gasteiger partial charge in [-0.15, -0.1) is 0 Å². The molecule has 1 N–H and O–H groups in total. The van der Waals surface area contributed by atoms with Crippen LogP contribution in [0.15, 0.2) is 17.1 Å². The fourth-order valence-electron chi connectivity index (χ4n) is 0.211. The van der Waals surface area contributed by atoms with Gasteiger partial charge in [0.25, 0.3) is 0 Å². The molecule has 44 valence electrons. The molecule has 0 fully saturated rings. The highest BCUT2D eigenvalue weighted by molar-refractivity contribution is 6.07. The Labute approximate surface area is 47.4 Å². The number of carboxylic acid groups (broad SMARTS) is 1. The lowest BCUT2D eigenvalue weighted by atomic mass is 10.3. The minimum Gasteiger partial charge on any atom is -0.478 e. The van der Waals surface area contributed by atoms with E-state index < -0.39 is 5.97 Å². The largest absolute Gasteiger partial charge is 0.478 e. The Hall–Kier alpha value is -1.12. The number of rotatable bonds is 2. The molecule has 3 heteroatoms. The van der Waals surface area contributed by atoms with Crippen LogP contribution in [0.5, 0.6) is 0 Å². The molecule has 0 aliphatic carbocycles. The first-order valence-corrected chi connectivity index (χ1v) is 2.03. The molecule has 0 bridgehead atoms. The predicted molar refractivity (Wildman–Crippen MR) is 31.2 cm³/mol. The summed E-state index contributed by atoms with van der Waals surface area (Å²) in [5.74, 6) is -1.03. The van der Waals surface area contributed by atoms with Crippen molar-refractivity contribution in [3.05, 3.63) is 12.2 Å². The van der Waals surface area contributed by atoms with Crippen molar-refractivity contribution in [1.29, 1.82) is 0 Å². The van der Waals surface area contributed by atoms with Crippen molar-refractivity contribution in [2.75, 3.05) is 7.05 Å². The summed E-state index contributed by atoms with van der Waals surface area (Å²) in [5, 5.41) is 8.12. The van der Waals surface area contributed by atoms with Crippen molar-refractivity contribution in [2.45, 2.75) is 0 Å². The number of hydrogen-bond donors (Lipinski definition) is 1. The molecule has 0 aliphatic rings. The second kappa shape index (κ2) is 2.96. The molecule has 0 saturated carbocycles. The highest BCUT2D eigenvalue weighted by atomic mass is 16.4. The van der Waals surface area contributed by atoms with Crippen molar-refractivity contribution in [2.24, 2.45) is 4.99 Å². The number of carbonyl (C=O) groups is 1. The summed E-state index contributed by atoms with van der Waals surface area (Å²) < 4.78 is 0. The number of carboxylic acids is 1. The van der Waals surface area contributed by atoms with Gasteiger partial charge in [-0.25, -0.2) is 4.79 Å². The number of aliphatic imine (C=N–C) groups is 1. The predicted octanol–water partition coefficient (Wildman–Crippen LogP) is 0.328. The SMILES string of the molecule is C=C(/C=N\C)C(=O)O. The Morgan fingerprint density at radius 3 is 2.50 bits per heavy atom. The Kier molecular flexibility index (Phi) is 2.54. The van der Waals surface area contributed by atoms with E-state index in [1.807, 2.05) is 0 Å². The highest BCUT2D eigenvalue weighted by Crippen LogP contribution is 1.81. The van der Waals surface area contributed by atoms with Crippen molar-refractivity contribution < 1.29 is 9.90 Å². The maximum Gasteiger partial charge on any atom is 0.336 e. The summed E-state index contributed by atoms with van der Waals surface area (Å²) in [5.41, 5.74) is 0.00694. The molecule has 0 spiro atoms. The van der Waals surface area contributed by atoms with Gasteiger partial charge < -0.3 is 5.11 Å².